The standard InChI is InChI=1S/C17H24N4O2/c1-14-18-8-12-21(14)11-4-7-19-17(22)16-6-5-15(23-16)13-20-9-2-3-10-20/h5-6,8,12H,2-4,7,9-11,13H2,1H3,(H,19,22). The van der Waals surface area contributed by atoms with Gasteiger partial charge < -0.3 is 14.3 Å². The van der Waals surface area contributed by atoms with Gasteiger partial charge in [-0.2, -0.15) is 0 Å². The van der Waals surface area contributed by atoms with Gasteiger partial charge in [-0.15, -0.1) is 0 Å². The second-order valence-electron chi connectivity index (χ2n) is 6.03. The molecule has 6 nitrogen and oxygen atoms in total. The summed E-state index contributed by atoms with van der Waals surface area (Å²) in [6, 6.07) is 3.67. The maximum Gasteiger partial charge on any atom is 0.286 e. The smallest absolute Gasteiger partial charge is 0.286 e. The van der Waals surface area contributed by atoms with Crippen LogP contribution in [0.1, 0.15) is 41.4 Å². The number of aromatic nitrogens is 2. The van der Waals surface area contributed by atoms with Crippen molar-refractivity contribution in [3.63, 3.8) is 0 Å². The number of aryl methyl sites for hydroxylation is 2. The van der Waals surface area contributed by atoms with Gasteiger partial charge in [-0.25, -0.2) is 4.98 Å². The van der Waals surface area contributed by atoms with Crippen molar-refractivity contribution in [2.24, 2.45) is 0 Å². The minimum absolute atomic E-state index is 0.139. The van der Waals surface area contributed by atoms with Gasteiger partial charge in [-0.3, -0.25) is 9.69 Å². The molecule has 3 rings (SSSR count). The molecule has 1 N–H and O–H groups in total. The summed E-state index contributed by atoms with van der Waals surface area (Å²) in [4.78, 5) is 18.6. The Bertz CT molecular complexity index is 641. The van der Waals surface area contributed by atoms with Crippen molar-refractivity contribution in [1.82, 2.24) is 19.8 Å². The summed E-state index contributed by atoms with van der Waals surface area (Å²) >= 11 is 0. The fourth-order valence-electron chi connectivity index (χ4n) is 2.92. The Labute approximate surface area is 136 Å². The number of nitrogens with one attached hydrogen (secondary N) is 1. The minimum atomic E-state index is -0.139. The van der Waals surface area contributed by atoms with Gasteiger partial charge in [0.25, 0.3) is 5.91 Å². The molecule has 1 amide bonds. The van der Waals surface area contributed by atoms with E-state index in [0.717, 1.165) is 44.2 Å². The molecule has 23 heavy (non-hydrogen) atoms. The lowest BCUT2D eigenvalue weighted by Gasteiger charge is -2.11. The maximum absolute atomic E-state index is 12.1. The van der Waals surface area contributed by atoms with Crippen molar-refractivity contribution < 1.29 is 9.21 Å². The molecule has 0 radical (unpaired) electrons. The lowest BCUT2D eigenvalue weighted by molar-refractivity contribution is 0.0921. The molecule has 0 bridgehead atoms. The number of hydrogen-bond acceptors (Lipinski definition) is 4. The monoisotopic (exact) mass is 316 g/mol. The van der Waals surface area contributed by atoms with E-state index in [2.05, 4.69) is 19.8 Å². The van der Waals surface area contributed by atoms with Gasteiger partial charge in [-0.05, 0) is 51.4 Å². The fourth-order valence-corrected chi connectivity index (χ4v) is 2.92. The molecule has 2 aromatic rings. The molecule has 0 unspecified atom stereocenters. The molecule has 0 atom stereocenters. The number of hydrogen-bond donors (Lipinski definition) is 1. The third-order valence-corrected chi connectivity index (χ3v) is 4.25. The lowest BCUT2D eigenvalue weighted by Crippen LogP contribution is -2.25. The molecule has 1 aliphatic heterocycles. The van der Waals surface area contributed by atoms with Crippen LogP contribution in [0.4, 0.5) is 0 Å². The van der Waals surface area contributed by atoms with Crippen LogP contribution in [0.2, 0.25) is 0 Å². The zero-order chi connectivity index (χ0) is 16.1. The number of imidazole rings is 1. The van der Waals surface area contributed by atoms with Crippen molar-refractivity contribution in [2.75, 3.05) is 19.6 Å². The summed E-state index contributed by atoms with van der Waals surface area (Å²) in [5.74, 6) is 2.12. The Morgan fingerprint density at radius 2 is 2.17 bits per heavy atom. The third-order valence-electron chi connectivity index (χ3n) is 4.25. The molecule has 0 spiro atoms. The van der Waals surface area contributed by atoms with Crippen LogP contribution in [0.3, 0.4) is 0 Å². The van der Waals surface area contributed by atoms with E-state index in [1.807, 2.05) is 19.2 Å². The highest BCUT2D eigenvalue weighted by molar-refractivity contribution is 5.91. The molecular formula is C17H24N4O2. The molecule has 6 heteroatoms. The zero-order valence-electron chi connectivity index (χ0n) is 13.6. The summed E-state index contributed by atoms with van der Waals surface area (Å²) in [6.45, 7) is 6.49. The third kappa shape index (κ3) is 4.22. The van der Waals surface area contributed by atoms with Gasteiger partial charge in [0.05, 0.1) is 6.54 Å². The Morgan fingerprint density at radius 3 is 2.91 bits per heavy atom. The topological polar surface area (TPSA) is 63.3 Å². The van der Waals surface area contributed by atoms with E-state index in [1.54, 1.807) is 12.3 Å². The Hall–Kier alpha value is -2.08. The summed E-state index contributed by atoms with van der Waals surface area (Å²) in [7, 11) is 0. The molecular weight excluding hydrogens is 292 g/mol. The maximum atomic E-state index is 12.1. The second kappa shape index (κ2) is 7.46. The van der Waals surface area contributed by atoms with Crippen LogP contribution in [0.25, 0.3) is 0 Å². The van der Waals surface area contributed by atoms with Gasteiger partial charge in [-0.1, -0.05) is 0 Å². The SMILES string of the molecule is Cc1nccn1CCCNC(=O)c1ccc(CN2CCCC2)o1. The van der Waals surface area contributed by atoms with Gasteiger partial charge in [0.15, 0.2) is 5.76 Å². The predicted molar refractivity (Wildman–Crippen MR) is 87.1 cm³/mol. The highest BCUT2D eigenvalue weighted by Gasteiger charge is 2.15. The van der Waals surface area contributed by atoms with E-state index in [4.69, 9.17) is 4.42 Å². The quantitative estimate of drug-likeness (QED) is 0.796. The van der Waals surface area contributed by atoms with Crippen molar-refractivity contribution in [3.8, 4) is 0 Å². The average Bonchev–Trinajstić information content (AvgIpc) is 3.27. The first kappa shape index (κ1) is 15.8. The summed E-state index contributed by atoms with van der Waals surface area (Å²) in [5.41, 5.74) is 0. The van der Waals surface area contributed by atoms with Crippen LogP contribution in [-0.2, 0) is 13.1 Å². The predicted octanol–water partition coefficient (Wildman–Crippen LogP) is 2.20. The van der Waals surface area contributed by atoms with E-state index < -0.39 is 0 Å². The first-order valence-corrected chi connectivity index (χ1v) is 8.29. The van der Waals surface area contributed by atoms with E-state index in [9.17, 15) is 4.79 Å². The normalized spacial score (nSPS) is 15.2. The van der Waals surface area contributed by atoms with Crippen LogP contribution in [0, 0.1) is 6.92 Å². The highest BCUT2D eigenvalue weighted by Crippen LogP contribution is 2.15. The number of carbonyl (C=O) groups excluding carboxylic acids is 1. The molecule has 1 fully saturated rings. The molecule has 3 heterocycles. The second-order valence-corrected chi connectivity index (χ2v) is 6.03. The van der Waals surface area contributed by atoms with Gasteiger partial charge >= 0.3 is 0 Å². The number of carbonyl (C=O) groups is 1. The first-order valence-electron chi connectivity index (χ1n) is 8.29. The Kier molecular flexibility index (Phi) is 5.12. The Balaban J connectivity index is 1.41. The van der Waals surface area contributed by atoms with Crippen LogP contribution >= 0.6 is 0 Å². The summed E-state index contributed by atoms with van der Waals surface area (Å²) < 4.78 is 7.74. The number of likely N-dealkylation sites (tertiary alicyclic amines) is 1. The lowest BCUT2D eigenvalue weighted by atomic mass is 10.3. The molecule has 1 saturated heterocycles. The van der Waals surface area contributed by atoms with E-state index >= 15 is 0 Å². The molecule has 0 aliphatic carbocycles. The van der Waals surface area contributed by atoms with E-state index in [-0.39, 0.29) is 5.91 Å². The molecule has 0 saturated carbocycles. The van der Waals surface area contributed by atoms with Crippen LogP contribution in [-0.4, -0.2) is 40.0 Å². The molecule has 1 aliphatic rings. The van der Waals surface area contributed by atoms with Crippen molar-refractivity contribution in [2.45, 2.75) is 39.3 Å². The van der Waals surface area contributed by atoms with Gasteiger partial charge in [0, 0.05) is 25.5 Å². The zero-order valence-corrected chi connectivity index (χ0v) is 13.6. The van der Waals surface area contributed by atoms with Gasteiger partial charge in [0.2, 0.25) is 0 Å². The first-order chi connectivity index (χ1) is 11.2. The Morgan fingerprint density at radius 1 is 1.35 bits per heavy atom. The summed E-state index contributed by atoms with van der Waals surface area (Å²) in [6.07, 6.45) is 7.12. The fraction of sp³-hybridized carbons (Fsp3) is 0.529. The number of amides is 1. The number of nitrogens with zero attached hydrogens (tertiary/aromatic N) is 3. The van der Waals surface area contributed by atoms with E-state index in [0.29, 0.717) is 12.3 Å². The number of rotatable bonds is 7. The van der Waals surface area contributed by atoms with Crippen LogP contribution in [0.15, 0.2) is 28.9 Å². The van der Waals surface area contributed by atoms with Crippen LogP contribution in [0.5, 0.6) is 0 Å². The molecule has 2 aromatic heterocycles. The van der Waals surface area contributed by atoms with E-state index in [1.165, 1.54) is 12.8 Å². The van der Waals surface area contributed by atoms with Crippen LogP contribution < -0.4 is 5.32 Å². The van der Waals surface area contributed by atoms with Crippen molar-refractivity contribution >= 4 is 5.91 Å². The molecule has 0 aromatic carbocycles. The van der Waals surface area contributed by atoms with Gasteiger partial charge in [0.1, 0.15) is 11.6 Å². The average molecular weight is 316 g/mol. The largest absolute Gasteiger partial charge is 0.455 e. The highest BCUT2D eigenvalue weighted by atomic mass is 16.4. The number of furan rings is 1. The summed E-state index contributed by atoms with van der Waals surface area (Å²) in [5, 5.41) is 2.91. The van der Waals surface area contributed by atoms with Crippen molar-refractivity contribution in [3.05, 3.63) is 41.9 Å². The molecule has 124 valence electrons. The van der Waals surface area contributed by atoms with Crippen molar-refractivity contribution in [1.29, 1.82) is 0 Å². The minimum Gasteiger partial charge on any atom is -0.455 e.